The maximum atomic E-state index is 7.06. The van der Waals surface area contributed by atoms with Gasteiger partial charge in [0, 0.05) is 56.1 Å². The van der Waals surface area contributed by atoms with Crippen LogP contribution in [0.4, 0.5) is 0 Å². The molecule has 1 unspecified atom stereocenters. The van der Waals surface area contributed by atoms with Crippen LogP contribution in [-0.4, -0.2) is 14.1 Å². The first kappa shape index (κ1) is 33.2. The van der Waals surface area contributed by atoms with Gasteiger partial charge in [-0.1, -0.05) is 109 Å². The van der Waals surface area contributed by atoms with Gasteiger partial charge in [0.25, 0.3) is 0 Å². The first-order valence-electron chi connectivity index (χ1n) is 19.0. The maximum Gasteiger partial charge on any atom is 0.326 e. The van der Waals surface area contributed by atoms with Gasteiger partial charge in [0.05, 0.1) is 33.1 Å². The summed E-state index contributed by atoms with van der Waals surface area (Å²) in [5, 5.41) is 7.82. The van der Waals surface area contributed by atoms with Crippen molar-refractivity contribution in [2.75, 3.05) is 0 Å². The van der Waals surface area contributed by atoms with Gasteiger partial charge in [-0.25, -0.2) is 0 Å². The van der Waals surface area contributed by atoms with Gasteiger partial charge in [0.1, 0.15) is 11.5 Å². The molecule has 0 aliphatic carbocycles. The number of para-hydroxylation sites is 4. The highest BCUT2D eigenvalue weighted by molar-refractivity contribution is 7.56. The second-order valence-electron chi connectivity index (χ2n) is 14.1. The van der Waals surface area contributed by atoms with E-state index in [0.717, 1.165) is 88.4 Å². The van der Waals surface area contributed by atoms with E-state index < -0.39 is 8.38 Å². The fourth-order valence-electron chi connectivity index (χ4n) is 8.16. The molecule has 0 saturated carbocycles. The molecule has 0 aliphatic heterocycles. The first-order chi connectivity index (χ1) is 28.3. The van der Waals surface area contributed by atoms with Crippen molar-refractivity contribution >= 4 is 68.1 Å². The van der Waals surface area contributed by atoms with Crippen molar-refractivity contribution in [1.82, 2.24) is 14.1 Å². The fourth-order valence-corrected chi connectivity index (χ4v) is 9.47. The lowest BCUT2D eigenvalue weighted by atomic mass is 10.0. The van der Waals surface area contributed by atoms with E-state index in [1.807, 2.05) is 6.20 Å². The number of fused-ring (bicyclic) bond motifs is 7. The molecule has 0 amide bonds. The summed E-state index contributed by atoms with van der Waals surface area (Å²) in [4.78, 5) is 4.85. The molecule has 0 bridgehead atoms. The van der Waals surface area contributed by atoms with Crippen LogP contribution < -0.4 is 14.4 Å². The summed E-state index contributed by atoms with van der Waals surface area (Å²) in [7, 11) is -1.68. The Morgan fingerprint density at radius 3 is 1.68 bits per heavy atom. The zero-order valence-corrected chi connectivity index (χ0v) is 31.6. The summed E-state index contributed by atoms with van der Waals surface area (Å²) in [6.45, 7) is 0. The van der Waals surface area contributed by atoms with Crippen LogP contribution in [0.3, 0.4) is 0 Å². The van der Waals surface area contributed by atoms with Gasteiger partial charge in [-0.15, -0.1) is 0 Å². The van der Waals surface area contributed by atoms with Crippen LogP contribution in [0.25, 0.3) is 77.0 Å². The second kappa shape index (κ2) is 13.8. The van der Waals surface area contributed by atoms with Crippen LogP contribution in [0.5, 0.6) is 11.5 Å². The van der Waals surface area contributed by atoms with E-state index in [2.05, 4.69) is 209 Å². The molecule has 1 atom stereocenters. The molecule has 3 heterocycles. The standard InChI is InChI=1S/C51H34N3O2P/c1-3-16-37(17-4-1)53-48-25-12-10-23-44(48)46-33-39(27-29-49(46)53)55-57(41-20-13-15-36(32-41)51-42-21-8-7-14-35(42)30-31-52-51)56-40-26-28-45-43-22-9-11-24-47(43)54(50(45)34-40)38-18-5-2-6-19-38/h1-34H. The lowest BCUT2D eigenvalue weighted by Gasteiger charge is -2.20. The van der Waals surface area contributed by atoms with Crippen molar-refractivity contribution < 1.29 is 9.05 Å². The summed E-state index contributed by atoms with van der Waals surface area (Å²) < 4.78 is 18.7. The van der Waals surface area contributed by atoms with Crippen LogP contribution in [0.15, 0.2) is 206 Å². The van der Waals surface area contributed by atoms with Crippen molar-refractivity contribution in [2.45, 2.75) is 0 Å². The van der Waals surface area contributed by atoms with E-state index in [1.54, 1.807) is 0 Å². The predicted molar refractivity (Wildman–Crippen MR) is 237 cm³/mol. The Hall–Kier alpha value is -7.20. The molecule has 3 aromatic heterocycles. The molecular weight excluding hydrogens is 718 g/mol. The van der Waals surface area contributed by atoms with Gasteiger partial charge in [-0.05, 0) is 90.3 Å². The molecule has 6 heteroatoms. The van der Waals surface area contributed by atoms with Crippen LogP contribution in [-0.2, 0) is 0 Å². The largest absolute Gasteiger partial charge is 0.435 e. The van der Waals surface area contributed by atoms with Crippen molar-refractivity contribution in [1.29, 1.82) is 0 Å². The lowest BCUT2D eigenvalue weighted by molar-refractivity contribution is 0.502. The predicted octanol–water partition coefficient (Wildman–Crippen LogP) is 13.2. The number of aromatic nitrogens is 3. The zero-order valence-electron chi connectivity index (χ0n) is 30.7. The Morgan fingerprint density at radius 1 is 0.386 bits per heavy atom. The summed E-state index contributed by atoms with van der Waals surface area (Å²) >= 11 is 0. The third-order valence-electron chi connectivity index (χ3n) is 10.7. The molecule has 5 nitrogen and oxygen atoms in total. The van der Waals surface area contributed by atoms with Crippen molar-refractivity contribution in [3.8, 4) is 34.1 Å². The molecular formula is C51H34N3O2P. The third-order valence-corrected chi connectivity index (χ3v) is 12.2. The van der Waals surface area contributed by atoms with E-state index in [4.69, 9.17) is 14.0 Å². The number of hydrogen-bond donors (Lipinski definition) is 0. The maximum absolute atomic E-state index is 7.06. The van der Waals surface area contributed by atoms with E-state index in [1.165, 1.54) is 5.39 Å². The number of pyridine rings is 1. The Kier molecular flexibility index (Phi) is 8.04. The molecule has 8 aromatic carbocycles. The van der Waals surface area contributed by atoms with Crippen LogP contribution >= 0.6 is 8.38 Å². The second-order valence-corrected chi connectivity index (χ2v) is 15.5. The minimum absolute atomic E-state index is 0.726. The van der Waals surface area contributed by atoms with Crippen LogP contribution in [0.1, 0.15) is 0 Å². The zero-order chi connectivity index (χ0) is 37.7. The van der Waals surface area contributed by atoms with Gasteiger partial charge in [-0.2, -0.15) is 0 Å². The van der Waals surface area contributed by atoms with Gasteiger partial charge < -0.3 is 18.2 Å². The van der Waals surface area contributed by atoms with Gasteiger partial charge in [-0.3, -0.25) is 4.98 Å². The van der Waals surface area contributed by atoms with Crippen molar-refractivity contribution in [2.24, 2.45) is 0 Å². The average Bonchev–Trinajstić information content (AvgIpc) is 3.79. The normalized spacial score (nSPS) is 12.1. The van der Waals surface area contributed by atoms with E-state index >= 15 is 0 Å². The molecule has 270 valence electrons. The molecule has 57 heavy (non-hydrogen) atoms. The van der Waals surface area contributed by atoms with Gasteiger partial charge in [0.2, 0.25) is 0 Å². The number of rotatable bonds is 8. The van der Waals surface area contributed by atoms with Gasteiger partial charge in [0.15, 0.2) is 0 Å². The minimum Gasteiger partial charge on any atom is -0.435 e. The highest BCUT2D eigenvalue weighted by atomic mass is 31.2. The Bertz CT molecular complexity index is 3260. The Balaban J connectivity index is 1.05. The average molecular weight is 752 g/mol. The Labute approximate surface area is 330 Å². The Morgan fingerprint density at radius 2 is 0.947 bits per heavy atom. The molecule has 0 spiro atoms. The van der Waals surface area contributed by atoms with E-state index in [9.17, 15) is 0 Å². The number of benzene rings is 8. The first-order valence-corrected chi connectivity index (χ1v) is 20.2. The topological polar surface area (TPSA) is 41.2 Å². The summed E-state index contributed by atoms with van der Waals surface area (Å²) in [6.07, 6.45) is 1.88. The molecule has 0 saturated heterocycles. The summed E-state index contributed by atoms with van der Waals surface area (Å²) in [5.41, 5.74) is 8.61. The highest BCUT2D eigenvalue weighted by Crippen LogP contribution is 2.44. The fraction of sp³-hybridized carbons (Fsp3) is 0. The summed E-state index contributed by atoms with van der Waals surface area (Å²) in [6, 6.07) is 69.7. The molecule has 11 rings (SSSR count). The smallest absolute Gasteiger partial charge is 0.326 e. The molecule has 11 aromatic rings. The van der Waals surface area contributed by atoms with Crippen LogP contribution in [0, 0.1) is 0 Å². The molecule has 0 fully saturated rings. The van der Waals surface area contributed by atoms with Gasteiger partial charge >= 0.3 is 8.38 Å². The monoisotopic (exact) mass is 751 g/mol. The number of hydrogen-bond acceptors (Lipinski definition) is 3. The molecule has 0 radical (unpaired) electrons. The SMILES string of the molecule is c1ccc(-n2c3ccccc3c3cc(OP(Oc4ccc5c6ccccc6n(-c6ccccc6)c5c4)c4cccc(-c5nccc6ccccc56)c4)ccc32)cc1. The third kappa shape index (κ3) is 5.80. The van der Waals surface area contributed by atoms with Crippen molar-refractivity contribution in [3.05, 3.63) is 206 Å². The lowest BCUT2D eigenvalue weighted by Crippen LogP contribution is -2.10. The molecule has 0 N–H and O–H groups in total. The van der Waals surface area contributed by atoms with E-state index in [-0.39, 0.29) is 0 Å². The molecule has 0 aliphatic rings. The summed E-state index contributed by atoms with van der Waals surface area (Å²) in [5.74, 6) is 1.46. The van der Waals surface area contributed by atoms with Crippen molar-refractivity contribution in [3.63, 3.8) is 0 Å². The minimum atomic E-state index is -1.68. The van der Waals surface area contributed by atoms with Crippen LogP contribution in [0.2, 0.25) is 0 Å². The quantitative estimate of drug-likeness (QED) is 0.145. The highest BCUT2D eigenvalue weighted by Gasteiger charge is 2.23. The number of nitrogens with zero attached hydrogens (tertiary/aromatic N) is 3. The van der Waals surface area contributed by atoms with E-state index in [0.29, 0.717) is 0 Å².